The van der Waals surface area contributed by atoms with E-state index < -0.39 is 0 Å². The number of para-hydroxylation sites is 1. The van der Waals surface area contributed by atoms with E-state index in [4.69, 9.17) is 4.74 Å². The van der Waals surface area contributed by atoms with Crippen LogP contribution in [0.5, 0.6) is 0 Å². The Kier molecular flexibility index (Phi) is 8.32. The average molecular weight is 480 g/mol. The SMILES string of the molecule is COCCn1c(SCC(=O)Nc2ccccc2C(=O)NC2CCCC2)nnc1-c1ccccc1. The number of aromatic nitrogens is 3. The largest absolute Gasteiger partial charge is 0.383 e. The van der Waals surface area contributed by atoms with Crippen LogP contribution >= 0.6 is 11.8 Å². The van der Waals surface area contributed by atoms with Gasteiger partial charge < -0.3 is 15.4 Å². The fraction of sp³-hybridized carbons (Fsp3) is 0.360. The third-order valence-electron chi connectivity index (χ3n) is 5.74. The summed E-state index contributed by atoms with van der Waals surface area (Å²) in [5.74, 6) is 0.504. The molecule has 2 amide bonds. The summed E-state index contributed by atoms with van der Waals surface area (Å²) in [7, 11) is 1.65. The first-order valence-electron chi connectivity index (χ1n) is 11.5. The molecule has 1 fully saturated rings. The summed E-state index contributed by atoms with van der Waals surface area (Å²) in [4.78, 5) is 25.5. The lowest BCUT2D eigenvalue weighted by molar-refractivity contribution is -0.113. The Bertz CT molecular complexity index is 1110. The molecule has 0 saturated heterocycles. The zero-order valence-corrected chi connectivity index (χ0v) is 20.0. The number of nitrogens with zero attached hydrogens (tertiary/aromatic N) is 3. The molecule has 1 aromatic heterocycles. The maximum absolute atomic E-state index is 12.8. The van der Waals surface area contributed by atoms with Crippen LogP contribution in [-0.4, -0.2) is 52.1 Å². The van der Waals surface area contributed by atoms with Crippen molar-refractivity contribution < 1.29 is 14.3 Å². The smallest absolute Gasteiger partial charge is 0.253 e. The number of amides is 2. The number of thioether (sulfide) groups is 1. The van der Waals surface area contributed by atoms with Crippen molar-refractivity contribution in [2.75, 3.05) is 24.8 Å². The molecule has 3 aromatic rings. The first-order chi connectivity index (χ1) is 16.7. The van der Waals surface area contributed by atoms with Gasteiger partial charge in [0.05, 0.1) is 30.2 Å². The van der Waals surface area contributed by atoms with Gasteiger partial charge in [0, 0.05) is 18.7 Å². The topological polar surface area (TPSA) is 98.1 Å². The van der Waals surface area contributed by atoms with Crippen LogP contribution in [0.25, 0.3) is 11.4 Å². The van der Waals surface area contributed by atoms with E-state index in [2.05, 4.69) is 20.8 Å². The summed E-state index contributed by atoms with van der Waals surface area (Å²) in [5.41, 5.74) is 1.93. The Morgan fingerprint density at radius 3 is 2.56 bits per heavy atom. The molecule has 1 heterocycles. The minimum atomic E-state index is -0.214. The number of hydrogen-bond donors (Lipinski definition) is 2. The number of carbonyl (C=O) groups is 2. The van der Waals surface area contributed by atoms with E-state index in [1.165, 1.54) is 11.8 Å². The molecule has 2 N–H and O–H groups in total. The Balaban J connectivity index is 1.42. The van der Waals surface area contributed by atoms with Crippen molar-refractivity contribution in [2.45, 2.75) is 43.4 Å². The number of methoxy groups -OCH3 is 1. The van der Waals surface area contributed by atoms with Crippen LogP contribution in [0.15, 0.2) is 59.8 Å². The lowest BCUT2D eigenvalue weighted by Crippen LogP contribution is -2.33. The van der Waals surface area contributed by atoms with E-state index in [0.717, 1.165) is 37.1 Å². The van der Waals surface area contributed by atoms with Crippen LogP contribution in [0.2, 0.25) is 0 Å². The third kappa shape index (κ3) is 6.03. The van der Waals surface area contributed by atoms with Crippen molar-refractivity contribution in [3.05, 3.63) is 60.2 Å². The number of hydrogen-bond acceptors (Lipinski definition) is 6. The molecule has 0 spiro atoms. The first-order valence-corrected chi connectivity index (χ1v) is 12.4. The molecule has 9 heteroatoms. The maximum atomic E-state index is 12.8. The van der Waals surface area contributed by atoms with Crippen LogP contribution in [0.4, 0.5) is 5.69 Å². The molecular weight excluding hydrogens is 450 g/mol. The Labute approximate surface area is 203 Å². The van der Waals surface area contributed by atoms with Crippen molar-refractivity contribution in [3.63, 3.8) is 0 Å². The molecule has 0 unspecified atom stereocenters. The second kappa shape index (κ2) is 11.8. The highest BCUT2D eigenvalue weighted by molar-refractivity contribution is 7.99. The average Bonchev–Trinajstić information content (AvgIpc) is 3.52. The molecule has 0 radical (unpaired) electrons. The highest BCUT2D eigenvalue weighted by Crippen LogP contribution is 2.25. The summed E-state index contributed by atoms with van der Waals surface area (Å²) in [5, 5.41) is 15.2. The lowest BCUT2D eigenvalue weighted by atomic mass is 10.1. The second-order valence-corrected chi connectivity index (χ2v) is 9.10. The van der Waals surface area contributed by atoms with Gasteiger partial charge in [-0.15, -0.1) is 10.2 Å². The van der Waals surface area contributed by atoms with Crippen molar-refractivity contribution >= 4 is 29.3 Å². The molecule has 8 nitrogen and oxygen atoms in total. The summed E-state index contributed by atoms with van der Waals surface area (Å²) in [6.07, 6.45) is 4.29. The van der Waals surface area contributed by atoms with E-state index in [9.17, 15) is 9.59 Å². The molecule has 4 rings (SSSR count). The molecule has 178 valence electrons. The van der Waals surface area contributed by atoms with Crippen LogP contribution in [0.1, 0.15) is 36.0 Å². The normalized spacial score (nSPS) is 13.7. The molecule has 0 atom stereocenters. The van der Waals surface area contributed by atoms with Gasteiger partial charge in [-0.2, -0.15) is 0 Å². The monoisotopic (exact) mass is 479 g/mol. The highest BCUT2D eigenvalue weighted by Gasteiger charge is 2.21. The van der Waals surface area contributed by atoms with Gasteiger partial charge in [-0.3, -0.25) is 14.2 Å². The number of rotatable bonds is 10. The van der Waals surface area contributed by atoms with Crippen LogP contribution < -0.4 is 10.6 Å². The van der Waals surface area contributed by atoms with Crippen molar-refractivity contribution in [3.8, 4) is 11.4 Å². The molecule has 0 aliphatic heterocycles. The molecular formula is C25H29N5O3S. The predicted octanol–water partition coefficient (Wildman–Crippen LogP) is 3.99. The molecule has 2 aromatic carbocycles. The standard InChI is InChI=1S/C25H29N5O3S/c1-33-16-15-30-23(18-9-3-2-4-10-18)28-29-25(30)34-17-22(31)27-21-14-8-7-13-20(21)24(32)26-19-11-5-6-12-19/h2-4,7-10,13-14,19H,5-6,11-12,15-17H2,1H3,(H,26,32)(H,27,31). The quantitative estimate of drug-likeness (QED) is 0.427. The van der Waals surface area contributed by atoms with E-state index >= 15 is 0 Å². The Morgan fingerprint density at radius 2 is 1.79 bits per heavy atom. The summed E-state index contributed by atoms with van der Waals surface area (Å²) >= 11 is 1.30. The van der Waals surface area contributed by atoms with E-state index in [-0.39, 0.29) is 23.6 Å². The third-order valence-corrected chi connectivity index (χ3v) is 6.70. The predicted molar refractivity (Wildman–Crippen MR) is 133 cm³/mol. The Morgan fingerprint density at radius 1 is 1.06 bits per heavy atom. The minimum Gasteiger partial charge on any atom is -0.383 e. The number of nitrogens with one attached hydrogen (secondary N) is 2. The molecule has 1 aliphatic rings. The highest BCUT2D eigenvalue weighted by atomic mass is 32.2. The van der Waals surface area contributed by atoms with Crippen molar-refractivity contribution in [1.82, 2.24) is 20.1 Å². The zero-order valence-electron chi connectivity index (χ0n) is 19.2. The number of anilines is 1. The van der Waals surface area contributed by atoms with Gasteiger partial charge in [0.25, 0.3) is 5.91 Å². The molecule has 0 bridgehead atoms. The van der Waals surface area contributed by atoms with E-state index in [0.29, 0.717) is 29.6 Å². The van der Waals surface area contributed by atoms with Crippen LogP contribution in [-0.2, 0) is 16.1 Å². The van der Waals surface area contributed by atoms with Gasteiger partial charge in [-0.05, 0) is 25.0 Å². The fourth-order valence-corrected chi connectivity index (χ4v) is 4.78. The molecule has 34 heavy (non-hydrogen) atoms. The van der Waals surface area contributed by atoms with Crippen LogP contribution in [0.3, 0.4) is 0 Å². The minimum absolute atomic E-state index is 0.137. The van der Waals surface area contributed by atoms with Gasteiger partial charge >= 0.3 is 0 Å². The van der Waals surface area contributed by atoms with Gasteiger partial charge in [0.1, 0.15) is 0 Å². The Hall–Kier alpha value is -3.17. The zero-order chi connectivity index (χ0) is 23.8. The van der Waals surface area contributed by atoms with Crippen LogP contribution in [0, 0.1) is 0 Å². The number of benzene rings is 2. The molecule has 1 aliphatic carbocycles. The summed E-state index contributed by atoms with van der Waals surface area (Å²) in [6, 6.07) is 17.1. The fourth-order valence-electron chi connectivity index (χ4n) is 4.02. The van der Waals surface area contributed by atoms with E-state index in [1.807, 2.05) is 41.0 Å². The summed E-state index contributed by atoms with van der Waals surface area (Å²) < 4.78 is 7.20. The maximum Gasteiger partial charge on any atom is 0.253 e. The number of ether oxygens (including phenoxy) is 1. The van der Waals surface area contributed by atoms with Gasteiger partial charge in [0.15, 0.2) is 11.0 Å². The van der Waals surface area contributed by atoms with Crippen molar-refractivity contribution in [1.29, 1.82) is 0 Å². The lowest BCUT2D eigenvalue weighted by Gasteiger charge is -2.15. The van der Waals surface area contributed by atoms with E-state index in [1.54, 1.807) is 25.3 Å². The number of carbonyl (C=O) groups excluding carboxylic acids is 2. The van der Waals surface area contributed by atoms with Gasteiger partial charge in [-0.1, -0.05) is 67.1 Å². The summed E-state index contributed by atoms with van der Waals surface area (Å²) in [6.45, 7) is 1.07. The van der Waals surface area contributed by atoms with Crippen molar-refractivity contribution in [2.24, 2.45) is 0 Å². The second-order valence-electron chi connectivity index (χ2n) is 8.15. The van der Waals surface area contributed by atoms with Gasteiger partial charge in [0.2, 0.25) is 5.91 Å². The first kappa shape index (κ1) is 24.0. The molecule has 1 saturated carbocycles. The van der Waals surface area contributed by atoms with Gasteiger partial charge in [-0.25, -0.2) is 0 Å².